The van der Waals surface area contributed by atoms with Crippen LogP contribution in [0.2, 0.25) is 0 Å². The lowest BCUT2D eigenvalue weighted by Crippen LogP contribution is -2.50. The number of anilines is 1. The number of hydrogen-bond acceptors (Lipinski definition) is 7. The summed E-state index contributed by atoms with van der Waals surface area (Å²) in [6.07, 6.45) is 0. The van der Waals surface area contributed by atoms with Gasteiger partial charge in [-0.1, -0.05) is 0 Å². The van der Waals surface area contributed by atoms with Crippen molar-refractivity contribution in [2.45, 2.75) is 13.8 Å². The number of furan rings is 1. The highest BCUT2D eigenvalue weighted by molar-refractivity contribution is 6.05. The molecule has 0 saturated carbocycles. The maximum absolute atomic E-state index is 12.6. The maximum Gasteiger partial charge on any atom is 0.289 e. The predicted molar refractivity (Wildman–Crippen MR) is 112 cm³/mol. The monoisotopic (exact) mass is 427 g/mol. The number of rotatable bonds is 5. The van der Waals surface area contributed by atoms with Crippen LogP contribution in [0.1, 0.15) is 33.6 Å². The lowest BCUT2D eigenvalue weighted by Gasteiger charge is -2.33. The van der Waals surface area contributed by atoms with Gasteiger partial charge in [0.15, 0.2) is 23.0 Å². The largest absolute Gasteiger partial charge is 0.486 e. The van der Waals surface area contributed by atoms with Crippen molar-refractivity contribution in [3.63, 3.8) is 0 Å². The minimum atomic E-state index is -0.236. The summed E-state index contributed by atoms with van der Waals surface area (Å²) >= 11 is 0. The highest BCUT2D eigenvalue weighted by atomic mass is 16.6. The van der Waals surface area contributed by atoms with E-state index in [0.717, 1.165) is 0 Å². The molecule has 2 aliphatic heterocycles. The van der Waals surface area contributed by atoms with Crippen molar-refractivity contribution >= 4 is 23.3 Å². The van der Waals surface area contributed by atoms with E-state index in [1.54, 1.807) is 36.1 Å². The van der Waals surface area contributed by atoms with E-state index in [0.29, 0.717) is 73.7 Å². The average Bonchev–Trinajstić information content (AvgIpc) is 3.19. The summed E-state index contributed by atoms with van der Waals surface area (Å²) < 4.78 is 16.5. The molecule has 1 aromatic carbocycles. The number of carbonyl (C=O) groups excluding carboxylic acids is 3. The summed E-state index contributed by atoms with van der Waals surface area (Å²) in [6, 6.07) is 6.68. The van der Waals surface area contributed by atoms with Crippen LogP contribution < -0.4 is 14.8 Å². The molecule has 9 heteroatoms. The molecule has 9 nitrogen and oxygen atoms in total. The van der Waals surface area contributed by atoms with Crippen molar-refractivity contribution in [3.8, 4) is 11.5 Å². The first-order chi connectivity index (χ1) is 14.9. The second-order valence-corrected chi connectivity index (χ2v) is 7.62. The summed E-state index contributed by atoms with van der Waals surface area (Å²) in [7, 11) is 0. The number of carbonyl (C=O) groups is 3. The van der Waals surface area contributed by atoms with Gasteiger partial charge in [-0.2, -0.15) is 0 Å². The Balaban J connectivity index is 1.34. The lowest BCUT2D eigenvalue weighted by molar-refractivity contribution is -0.117. The van der Waals surface area contributed by atoms with Gasteiger partial charge in [0, 0.05) is 37.8 Å². The molecule has 2 amide bonds. The van der Waals surface area contributed by atoms with Crippen molar-refractivity contribution in [2.24, 2.45) is 0 Å². The van der Waals surface area contributed by atoms with Crippen LogP contribution in [-0.4, -0.2) is 73.3 Å². The Hall–Kier alpha value is -3.33. The SMILES string of the molecule is CC(=O)c1cc2c(cc1NC(=O)CN1CCN(C(=O)c3ccc(C)o3)CC1)OCCO2. The smallest absolute Gasteiger partial charge is 0.289 e. The van der Waals surface area contributed by atoms with Crippen molar-refractivity contribution in [3.05, 3.63) is 41.3 Å². The molecule has 0 aliphatic carbocycles. The summed E-state index contributed by atoms with van der Waals surface area (Å²) in [4.78, 5) is 40.8. The third-order valence-corrected chi connectivity index (χ3v) is 5.31. The molecule has 164 valence electrons. The Morgan fingerprint density at radius 1 is 1.00 bits per heavy atom. The number of ketones is 1. The first-order valence-electron chi connectivity index (χ1n) is 10.2. The van der Waals surface area contributed by atoms with Gasteiger partial charge >= 0.3 is 0 Å². The molecule has 0 radical (unpaired) electrons. The molecule has 2 aliphatic rings. The number of piperazine rings is 1. The van der Waals surface area contributed by atoms with Gasteiger partial charge in [-0.05, 0) is 32.0 Å². The summed E-state index contributed by atoms with van der Waals surface area (Å²) in [6.45, 7) is 6.39. The quantitative estimate of drug-likeness (QED) is 0.728. The lowest BCUT2D eigenvalue weighted by atomic mass is 10.1. The predicted octanol–water partition coefficient (Wildman–Crippen LogP) is 1.96. The van der Waals surface area contributed by atoms with Crippen LogP contribution in [0.15, 0.2) is 28.7 Å². The number of hydrogen-bond donors (Lipinski definition) is 1. The van der Waals surface area contributed by atoms with Crippen LogP contribution >= 0.6 is 0 Å². The first-order valence-corrected chi connectivity index (χ1v) is 10.2. The van der Waals surface area contributed by atoms with Crippen LogP contribution in [0.4, 0.5) is 5.69 Å². The third-order valence-electron chi connectivity index (χ3n) is 5.31. The molecule has 1 fully saturated rings. The molecule has 31 heavy (non-hydrogen) atoms. The zero-order valence-corrected chi connectivity index (χ0v) is 17.6. The van der Waals surface area contributed by atoms with E-state index in [9.17, 15) is 14.4 Å². The Morgan fingerprint density at radius 3 is 2.29 bits per heavy atom. The molecule has 0 bridgehead atoms. The topological polar surface area (TPSA) is 101 Å². The molecule has 1 aromatic heterocycles. The van der Waals surface area contributed by atoms with E-state index in [4.69, 9.17) is 13.9 Å². The molecule has 1 N–H and O–H groups in total. The molecule has 3 heterocycles. The standard InChI is InChI=1S/C22H25N3O6/c1-14-3-4-18(31-14)22(28)25-7-5-24(6-8-25)13-21(27)23-17-12-20-19(29-9-10-30-20)11-16(17)15(2)26/h3-4,11-12H,5-10,13H2,1-2H3,(H,23,27). The molecule has 2 aromatic rings. The second-order valence-electron chi connectivity index (χ2n) is 7.62. The summed E-state index contributed by atoms with van der Waals surface area (Å²) in [5, 5.41) is 2.82. The molecule has 0 spiro atoms. The van der Waals surface area contributed by atoms with Crippen molar-refractivity contribution in [1.29, 1.82) is 0 Å². The van der Waals surface area contributed by atoms with Crippen LogP contribution in [0.5, 0.6) is 11.5 Å². The van der Waals surface area contributed by atoms with Gasteiger partial charge in [-0.3, -0.25) is 19.3 Å². The molecular weight excluding hydrogens is 402 g/mol. The minimum Gasteiger partial charge on any atom is -0.486 e. The number of amides is 2. The van der Waals surface area contributed by atoms with Crippen LogP contribution in [0, 0.1) is 6.92 Å². The van der Waals surface area contributed by atoms with Crippen LogP contribution in [-0.2, 0) is 4.79 Å². The molecule has 4 rings (SSSR count). The third kappa shape index (κ3) is 4.72. The Kier molecular flexibility index (Phi) is 5.94. The molecular formula is C22H25N3O6. The Bertz CT molecular complexity index is 1010. The first kappa shape index (κ1) is 20.9. The fourth-order valence-electron chi connectivity index (χ4n) is 3.69. The van der Waals surface area contributed by atoms with E-state index in [-0.39, 0.29) is 24.1 Å². The molecule has 0 atom stereocenters. The van der Waals surface area contributed by atoms with Gasteiger partial charge in [0.25, 0.3) is 5.91 Å². The van der Waals surface area contributed by atoms with Crippen LogP contribution in [0.3, 0.4) is 0 Å². The van der Waals surface area contributed by atoms with Gasteiger partial charge in [-0.15, -0.1) is 0 Å². The number of fused-ring (bicyclic) bond motifs is 1. The molecule has 0 unspecified atom stereocenters. The fraction of sp³-hybridized carbons (Fsp3) is 0.409. The number of aryl methyl sites for hydroxylation is 1. The van der Waals surface area contributed by atoms with E-state index in [1.165, 1.54) is 6.92 Å². The van der Waals surface area contributed by atoms with E-state index >= 15 is 0 Å². The normalized spacial score (nSPS) is 16.1. The average molecular weight is 427 g/mol. The number of nitrogens with zero attached hydrogens (tertiary/aromatic N) is 2. The molecule has 1 saturated heterocycles. The van der Waals surface area contributed by atoms with E-state index in [2.05, 4.69) is 5.32 Å². The van der Waals surface area contributed by atoms with Gasteiger partial charge in [0.1, 0.15) is 19.0 Å². The Labute approximate surface area is 179 Å². The van der Waals surface area contributed by atoms with Crippen molar-refractivity contribution in [2.75, 3.05) is 51.3 Å². The Morgan fingerprint density at radius 2 is 1.68 bits per heavy atom. The number of Topliss-reactive ketones (excluding diaryl/α,β-unsaturated/α-hetero) is 1. The fourth-order valence-corrected chi connectivity index (χ4v) is 3.69. The number of ether oxygens (including phenoxy) is 2. The van der Waals surface area contributed by atoms with E-state index < -0.39 is 0 Å². The summed E-state index contributed by atoms with van der Waals surface area (Å²) in [5.41, 5.74) is 0.783. The van der Waals surface area contributed by atoms with Gasteiger partial charge in [-0.25, -0.2) is 0 Å². The number of nitrogens with one attached hydrogen (secondary N) is 1. The van der Waals surface area contributed by atoms with Gasteiger partial charge < -0.3 is 24.1 Å². The van der Waals surface area contributed by atoms with Gasteiger partial charge in [0.05, 0.1) is 12.2 Å². The second kappa shape index (κ2) is 8.81. The summed E-state index contributed by atoms with van der Waals surface area (Å²) in [5.74, 6) is 1.49. The zero-order valence-electron chi connectivity index (χ0n) is 17.6. The number of benzene rings is 1. The zero-order chi connectivity index (χ0) is 22.0. The van der Waals surface area contributed by atoms with Crippen LogP contribution in [0.25, 0.3) is 0 Å². The van der Waals surface area contributed by atoms with Crippen molar-refractivity contribution in [1.82, 2.24) is 9.80 Å². The highest BCUT2D eigenvalue weighted by Gasteiger charge is 2.26. The minimum absolute atomic E-state index is 0.139. The highest BCUT2D eigenvalue weighted by Crippen LogP contribution is 2.35. The van der Waals surface area contributed by atoms with Crippen molar-refractivity contribution < 1.29 is 28.3 Å². The maximum atomic E-state index is 12.6. The van der Waals surface area contributed by atoms with E-state index in [1.807, 2.05) is 4.90 Å². The van der Waals surface area contributed by atoms with Gasteiger partial charge in [0.2, 0.25) is 5.91 Å².